The number of aliphatic hydroxyl groups excluding tert-OH is 1. The van der Waals surface area contributed by atoms with Crippen molar-refractivity contribution in [3.8, 4) is 0 Å². The molecule has 0 aliphatic rings. The Bertz CT molecular complexity index is 442. The van der Waals surface area contributed by atoms with Crippen LogP contribution in [0.2, 0.25) is 0 Å². The molecule has 4 nitrogen and oxygen atoms in total. The molecule has 1 atom stereocenters. The van der Waals surface area contributed by atoms with Gasteiger partial charge in [-0.2, -0.15) is 0 Å². The maximum Gasteiger partial charge on any atom is 0.226 e. The number of amides is 1. The van der Waals surface area contributed by atoms with E-state index in [1.165, 1.54) is 0 Å². The second-order valence-corrected chi connectivity index (χ2v) is 5.41. The summed E-state index contributed by atoms with van der Waals surface area (Å²) in [6, 6.07) is 5.80. The van der Waals surface area contributed by atoms with Crippen molar-refractivity contribution in [2.45, 2.75) is 33.3 Å². The Kier molecular flexibility index (Phi) is 5.36. The number of hydrogen-bond acceptors (Lipinski definition) is 3. The van der Waals surface area contributed by atoms with Gasteiger partial charge in [-0.3, -0.25) is 4.79 Å². The molecule has 2 N–H and O–H groups in total. The molecule has 0 aliphatic carbocycles. The van der Waals surface area contributed by atoms with Crippen LogP contribution in [0.25, 0.3) is 0 Å². The summed E-state index contributed by atoms with van der Waals surface area (Å²) in [4.78, 5) is 13.9. The van der Waals surface area contributed by atoms with Gasteiger partial charge in [0.2, 0.25) is 5.91 Å². The van der Waals surface area contributed by atoms with Crippen molar-refractivity contribution < 1.29 is 9.90 Å². The summed E-state index contributed by atoms with van der Waals surface area (Å²) in [6.07, 6.45) is -0.471. The Balaban J connectivity index is 2.77. The molecular formula is C15H24N2O2. The van der Waals surface area contributed by atoms with Crippen LogP contribution in [0.3, 0.4) is 0 Å². The summed E-state index contributed by atoms with van der Waals surface area (Å²) < 4.78 is 0. The fourth-order valence-electron chi connectivity index (χ4n) is 1.87. The monoisotopic (exact) mass is 264 g/mol. The minimum absolute atomic E-state index is 0.0833. The van der Waals surface area contributed by atoms with E-state index in [1.807, 2.05) is 58.0 Å². The highest BCUT2D eigenvalue weighted by atomic mass is 16.3. The highest BCUT2D eigenvalue weighted by molar-refractivity contribution is 5.92. The normalized spacial score (nSPS) is 12.4. The Hall–Kier alpha value is -1.55. The second kappa shape index (κ2) is 6.57. The van der Waals surface area contributed by atoms with Crippen LogP contribution in [0.4, 0.5) is 11.4 Å². The lowest BCUT2D eigenvalue weighted by atomic mass is 10.0. The molecule has 0 aliphatic heterocycles. The topological polar surface area (TPSA) is 52.6 Å². The standard InChI is InChI=1S/C15H24N2O2/c1-10(2)14(18)9-15(19)16-12-7-6-8-13(11(12)3)17(4)5/h6-8,10,14,18H,9H2,1-5H3,(H,16,19). The predicted molar refractivity (Wildman–Crippen MR) is 79.6 cm³/mol. The van der Waals surface area contributed by atoms with Gasteiger partial charge in [-0.15, -0.1) is 0 Å². The molecule has 0 spiro atoms. The molecule has 1 amide bonds. The summed E-state index contributed by atoms with van der Waals surface area (Å²) in [7, 11) is 3.94. The first-order valence-corrected chi connectivity index (χ1v) is 6.57. The molecule has 1 aromatic carbocycles. The van der Waals surface area contributed by atoms with Gasteiger partial charge in [0.1, 0.15) is 0 Å². The Morgan fingerprint density at radius 1 is 1.37 bits per heavy atom. The van der Waals surface area contributed by atoms with Crippen molar-refractivity contribution in [3.05, 3.63) is 23.8 Å². The second-order valence-electron chi connectivity index (χ2n) is 5.41. The predicted octanol–water partition coefficient (Wildman–Crippen LogP) is 2.41. The summed E-state index contributed by atoms with van der Waals surface area (Å²) in [5, 5.41) is 12.6. The zero-order valence-electron chi connectivity index (χ0n) is 12.4. The van der Waals surface area contributed by atoms with Crippen molar-refractivity contribution >= 4 is 17.3 Å². The number of aliphatic hydroxyl groups is 1. The fraction of sp³-hybridized carbons (Fsp3) is 0.533. The third-order valence-corrected chi connectivity index (χ3v) is 3.23. The zero-order valence-corrected chi connectivity index (χ0v) is 12.4. The van der Waals surface area contributed by atoms with E-state index in [9.17, 15) is 9.90 Å². The van der Waals surface area contributed by atoms with Crippen LogP contribution >= 0.6 is 0 Å². The first-order chi connectivity index (χ1) is 8.82. The molecule has 0 saturated heterocycles. The third kappa shape index (κ3) is 4.24. The van der Waals surface area contributed by atoms with Crippen LogP contribution in [-0.2, 0) is 4.79 Å². The van der Waals surface area contributed by atoms with Gasteiger partial charge in [0.05, 0.1) is 12.5 Å². The number of carbonyl (C=O) groups excluding carboxylic acids is 1. The van der Waals surface area contributed by atoms with Crippen LogP contribution in [0.1, 0.15) is 25.8 Å². The van der Waals surface area contributed by atoms with E-state index in [4.69, 9.17) is 0 Å². The molecule has 0 heterocycles. The highest BCUT2D eigenvalue weighted by Crippen LogP contribution is 2.25. The van der Waals surface area contributed by atoms with Gasteiger partial charge in [-0.25, -0.2) is 0 Å². The van der Waals surface area contributed by atoms with Gasteiger partial charge in [0.25, 0.3) is 0 Å². The summed E-state index contributed by atoms with van der Waals surface area (Å²) in [5.74, 6) is -0.0693. The van der Waals surface area contributed by atoms with E-state index in [1.54, 1.807) is 0 Å². The lowest BCUT2D eigenvalue weighted by Gasteiger charge is -2.19. The number of carbonyl (C=O) groups is 1. The summed E-state index contributed by atoms with van der Waals surface area (Å²) >= 11 is 0. The molecule has 1 aromatic rings. The van der Waals surface area contributed by atoms with E-state index in [2.05, 4.69) is 5.32 Å². The van der Waals surface area contributed by atoms with E-state index >= 15 is 0 Å². The fourth-order valence-corrected chi connectivity index (χ4v) is 1.87. The molecule has 0 radical (unpaired) electrons. The molecule has 1 unspecified atom stereocenters. The first kappa shape index (κ1) is 15.5. The Morgan fingerprint density at radius 3 is 2.53 bits per heavy atom. The van der Waals surface area contributed by atoms with Gasteiger partial charge in [0, 0.05) is 25.5 Å². The molecule has 19 heavy (non-hydrogen) atoms. The van der Waals surface area contributed by atoms with E-state index in [-0.39, 0.29) is 18.2 Å². The molecule has 1 rings (SSSR count). The summed E-state index contributed by atoms with van der Waals surface area (Å²) in [5.41, 5.74) is 2.90. The maximum absolute atomic E-state index is 11.9. The van der Waals surface area contributed by atoms with Crippen LogP contribution in [0.5, 0.6) is 0 Å². The molecule has 106 valence electrons. The van der Waals surface area contributed by atoms with Crippen molar-refractivity contribution in [2.24, 2.45) is 5.92 Å². The number of nitrogens with one attached hydrogen (secondary N) is 1. The van der Waals surface area contributed by atoms with E-state index in [0.717, 1.165) is 16.9 Å². The molecule has 0 bridgehead atoms. The van der Waals surface area contributed by atoms with E-state index < -0.39 is 6.10 Å². The largest absolute Gasteiger partial charge is 0.392 e. The van der Waals surface area contributed by atoms with Crippen molar-refractivity contribution in [1.82, 2.24) is 0 Å². The molecular weight excluding hydrogens is 240 g/mol. The number of nitrogens with zero attached hydrogens (tertiary/aromatic N) is 1. The Labute approximate surface area is 115 Å². The van der Waals surface area contributed by atoms with Gasteiger partial charge in [-0.05, 0) is 30.5 Å². The number of hydrogen-bond donors (Lipinski definition) is 2. The van der Waals surface area contributed by atoms with Crippen molar-refractivity contribution in [2.75, 3.05) is 24.3 Å². The zero-order chi connectivity index (χ0) is 14.6. The van der Waals surface area contributed by atoms with Crippen LogP contribution < -0.4 is 10.2 Å². The van der Waals surface area contributed by atoms with E-state index in [0.29, 0.717) is 0 Å². The number of benzene rings is 1. The molecule has 0 aromatic heterocycles. The highest BCUT2D eigenvalue weighted by Gasteiger charge is 2.15. The lowest BCUT2D eigenvalue weighted by molar-refractivity contribution is -0.118. The maximum atomic E-state index is 11.9. The SMILES string of the molecule is Cc1c(NC(=O)CC(O)C(C)C)cccc1N(C)C. The first-order valence-electron chi connectivity index (χ1n) is 6.57. The van der Waals surface area contributed by atoms with Gasteiger partial charge < -0.3 is 15.3 Å². The smallest absolute Gasteiger partial charge is 0.226 e. The van der Waals surface area contributed by atoms with Crippen LogP contribution in [0.15, 0.2) is 18.2 Å². The average molecular weight is 264 g/mol. The van der Waals surface area contributed by atoms with Crippen LogP contribution in [-0.4, -0.2) is 31.2 Å². The minimum Gasteiger partial charge on any atom is -0.392 e. The molecule has 4 heteroatoms. The molecule has 0 saturated carbocycles. The summed E-state index contributed by atoms with van der Waals surface area (Å²) in [6.45, 7) is 5.77. The van der Waals surface area contributed by atoms with Crippen molar-refractivity contribution in [3.63, 3.8) is 0 Å². The van der Waals surface area contributed by atoms with Crippen LogP contribution in [0, 0.1) is 12.8 Å². The minimum atomic E-state index is -0.600. The quantitative estimate of drug-likeness (QED) is 0.858. The molecule has 0 fully saturated rings. The number of anilines is 2. The Morgan fingerprint density at radius 2 is 2.00 bits per heavy atom. The van der Waals surface area contributed by atoms with Gasteiger partial charge >= 0.3 is 0 Å². The third-order valence-electron chi connectivity index (χ3n) is 3.23. The van der Waals surface area contributed by atoms with Crippen molar-refractivity contribution in [1.29, 1.82) is 0 Å². The lowest BCUT2D eigenvalue weighted by Crippen LogP contribution is -2.24. The average Bonchev–Trinajstić information content (AvgIpc) is 2.31. The number of rotatable bonds is 5. The van der Waals surface area contributed by atoms with Gasteiger partial charge in [0.15, 0.2) is 0 Å². The van der Waals surface area contributed by atoms with Gasteiger partial charge in [-0.1, -0.05) is 19.9 Å².